The predicted molar refractivity (Wildman–Crippen MR) is 67.7 cm³/mol. The zero-order valence-electron chi connectivity index (χ0n) is 9.17. The molecule has 92 valence electrons. The Balaban J connectivity index is 1.68. The van der Waals surface area contributed by atoms with Crippen LogP contribution in [0.25, 0.3) is 0 Å². The molecule has 2 fully saturated rings. The minimum absolute atomic E-state index is 0.180. The van der Waals surface area contributed by atoms with Gasteiger partial charge in [-0.2, -0.15) is 0 Å². The fourth-order valence-electron chi connectivity index (χ4n) is 1.66. The van der Waals surface area contributed by atoms with Crippen molar-refractivity contribution < 1.29 is 4.79 Å². The number of aromatic nitrogens is 2. The summed E-state index contributed by atoms with van der Waals surface area (Å²) in [6, 6.07) is 0. The minimum atomic E-state index is -0.943. The van der Waals surface area contributed by atoms with Crippen LogP contribution in [0.2, 0.25) is 0 Å². The number of anilines is 1. The third kappa shape index (κ3) is 1.94. The van der Waals surface area contributed by atoms with Crippen LogP contribution in [0, 0.1) is 5.41 Å². The zero-order valence-corrected chi connectivity index (χ0v) is 11.5. The van der Waals surface area contributed by atoms with Crippen molar-refractivity contribution in [2.24, 2.45) is 5.41 Å². The Bertz CT molecular complexity index is 486. The topological polar surface area (TPSA) is 54.9 Å². The van der Waals surface area contributed by atoms with Crippen molar-refractivity contribution in [3.8, 4) is 0 Å². The predicted octanol–water partition coefficient (Wildman–Crippen LogP) is 2.94. The number of carbonyl (C=O) groups is 1. The quantitative estimate of drug-likeness (QED) is 0.871. The van der Waals surface area contributed by atoms with Crippen LogP contribution in [-0.2, 0) is 4.79 Å². The van der Waals surface area contributed by atoms with Crippen molar-refractivity contribution in [3.05, 3.63) is 5.01 Å². The highest BCUT2D eigenvalue weighted by Gasteiger charge is 2.68. The summed E-state index contributed by atoms with van der Waals surface area (Å²) in [4.78, 5) is 12.0. The van der Waals surface area contributed by atoms with Crippen molar-refractivity contribution in [2.75, 3.05) is 5.32 Å². The number of carbonyl (C=O) groups excluding carboxylic acids is 1. The van der Waals surface area contributed by atoms with E-state index in [9.17, 15) is 4.79 Å². The molecule has 1 N–H and O–H groups in total. The van der Waals surface area contributed by atoms with E-state index in [1.807, 2.05) is 0 Å². The fourth-order valence-corrected chi connectivity index (χ4v) is 3.28. The Morgan fingerprint density at radius 2 is 2.12 bits per heavy atom. The summed E-state index contributed by atoms with van der Waals surface area (Å²) in [5, 5.41) is 12.3. The van der Waals surface area contributed by atoms with Crippen LogP contribution >= 0.6 is 34.5 Å². The molecule has 1 heterocycles. The lowest BCUT2D eigenvalue weighted by Crippen LogP contribution is -2.25. The Morgan fingerprint density at radius 1 is 1.47 bits per heavy atom. The highest BCUT2D eigenvalue weighted by atomic mass is 35.5. The van der Waals surface area contributed by atoms with Gasteiger partial charge in [0.1, 0.15) is 9.34 Å². The van der Waals surface area contributed by atoms with E-state index < -0.39 is 9.75 Å². The maximum Gasteiger partial charge on any atom is 0.235 e. The summed E-state index contributed by atoms with van der Waals surface area (Å²) in [6.07, 6.45) is 2.82. The molecule has 1 amide bonds. The van der Waals surface area contributed by atoms with Crippen molar-refractivity contribution >= 4 is 45.6 Å². The number of amides is 1. The highest BCUT2D eigenvalue weighted by Crippen LogP contribution is 2.64. The molecule has 1 aromatic rings. The smallest absolute Gasteiger partial charge is 0.235 e. The molecule has 17 heavy (non-hydrogen) atoms. The van der Waals surface area contributed by atoms with Crippen LogP contribution in [0.1, 0.15) is 37.1 Å². The fraction of sp³-hybridized carbons (Fsp3) is 0.700. The molecule has 0 aliphatic heterocycles. The number of nitrogens with one attached hydrogen (secondary N) is 1. The van der Waals surface area contributed by atoms with E-state index in [1.54, 1.807) is 6.92 Å². The lowest BCUT2D eigenvalue weighted by atomic mass is 10.1. The first-order valence-electron chi connectivity index (χ1n) is 5.45. The number of halogens is 2. The van der Waals surface area contributed by atoms with Gasteiger partial charge in [-0.25, -0.2) is 0 Å². The standard InChI is InChI=1S/C10H11Cl2N3OS/c1-9(4-10(9,11)12)7(16)13-8-15-14-6(17-8)5-2-3-5/h5H,2-4H2,1H3,(H,13,15,16)/t9-/m1/s1. The van der Waals surface area contributed by atoms with Gasteiger partial charge < -0.3 is 0 Å². The summed E-state index contributed by atoms with van der Waals surface area (Å²) in [5.41, 5.74) is -0.707. The molecule has 0 unspecified atom stereocenters. The molecule has 4 nitrogen and oxygen atoms in total. The van der Waals surface area contributed by atoms with Gasteiger partial charge in [0, 0.05) is 5.92 Å². The average molecular weight is 292 g/mol. The van der Waals surface area contributed by atoms with E-state index in [0.29, 0.717) is 17.5 Å². The van der Waals surface area contributed by atoms with Crippen molar-refractivity contribution in [3.63, 3.8) is 0 Å². The van der Waals surface area contributed by atoms with Crippen LogP contribution < -0.4 is 5.32 Å². The van der Waals surface area contributed by atoms with Gasteiger partial charge in [-0.05, 0) is 26.2 Å². The van der Waals surface area contributed by atoms with Gasteiger partial charge in [-0.3, -0.25) is 10.1 Å². The number of nitrogens with zero attached hydrogens (tertiary/aromatic N) is 2. The first-order chi connectivity index (χ1) is 7.92. The molecule has 2 aliphatic rings. The Morgan fingerprint density at radius 3 is 2.65 bits per heavy atom. The van der Waals surface area contributed by atoms with Crippen LogP contribution in [0.3, 0.4) is 0 Å². The first kappa shape index (κ1) is 11.7. The lowest BCUT2D eigenvalue weighted by Gasteiger charge is -2.09. The largest absolute Gasteiger partial charge is 0.300 e. The Kier molecular flexibility index (Phi) is 2.44. The summed E-state index contributed by atoms with van der Waals surface area (Å²) < 4.78 is -0.943. The third-order valence-electron chi connectivity index (χ3n) is 3.35. The molecule has 1 atom stereocenters. The summed E-state index contributed by atoms with van der Waals surface area (Å²) in [7, 11) is 0. The maximum atomic E-state index is 12.0. The molecule has 2 aliphatic carbocycles. The van der Waals surface area contributed by atoms with E-state index in [4.69, 9.17) is 23.2 Å². The molecule has 0 bridgehead atoms. The molecule has 1 aromatic heterocycles. The van der Waals surface area contributed by atoms with E-state index in [0.717, 1.165) is 5.01 Å². The second kappa shape index (κ2) is 3.56. The average Bonchev–Trinajstić information content (AvgIpc) is 3.10. The molecule has 3 rings (SSSR count). The van der Waals surface area contributed by atoms with Crippen molar-refractivity contribution in [2.45, 2.75) is 36.4 Å². The number of hydrogen-bond donors (Lipinski definition) is 1. The lowest BCUT2D eigenvalue weighted by molar-refractivity contribution is -0.120. The molecule has 2 saturated carbocycles. The van der Waals surface area contributed by atoms with Gasteiger partial charge in [0.25, 0.3) is 0 Å². The maximum absolute atomic E-state index is 12.0. The summed E-state index contributed by atoms with van der Waals surface area (Å²) in [5.74, 6) is 0.371. The SMILES string of the molecule is C[C@]1(C(=O)Nc2nnc(C3CC3)s2)CC1(Cl)Cl. The van der Waals surface area contributed by atoms with Gasteiger partial charge in [0.15, 0.2) is 0 Å². The molecule has 7 heteroatoms. The number of hydrogen-bond acceptors (Lipinski definition) is 4. The molecule has 0 aromatic carbocycles. The first-order valence-corrected chi connectivity index (χ1v) is 7.02. The summed E-state index contributed by atoms with van der Waals surface area (Å²) in [6.45, 7) is 1.76. The number of alkyl halides is 2. The minimum Gasteiger partial charge on any atom is -0.300 e. The molecule has 0 radical (unpaired) electrons. The number of rotatable bonds is 3. The van der Waals surface area contributed by atoms with E-state index in [2.05, 4.69) is 15.5 Å². The summed E-state index contributed by atoms with van der Waals surface area (Å²) >= 11 is 13.3. The normalized spacial score (nSPS) is 30.1. The molecule has 0 saturated heterocycles. The van der Waals surface area contributed by atoms with Crippen LogP contribution in [0.5, 0.6) is 0 Å². The second-order valence-electron chi connectivity index (χ2n) is 4.89. The highest BCUT2D eigenvalue weighted by molar-refractivity contribution is 7.15. The van der Waals surface area contributed by atoms with Crippen LogP contribution in [0.4, 0.5) is 5.13 Å². The van der Waals surface area contributed by atoms with Crippen LogP contribution in [0.15, 0.2) is 0 Å². The Labute approximate surface area is 113 Å². The van der Waals surface area contributed by atoms with E-state index in [-0.39, 0.29) is 5.91 Å². The Hall–Kier alpha value is -0.390. The monoisotopic (exact) mass is 291 g/mol. The second-order valence-corrected chi connectivity index (χ2v) is 7.38. The van der Waals surface area contributed by atoms with Crippen molar-refractivity contribution in [1.29, 1.82) is 0 Å². The van der Waals surface area contributed by atoms with E-state index >= 15 is 0 Å². The van der Waals surface area contributed by atoms with Gasteiger partial charge in [0.2, 0.25) is 11.0 Å². The third-order valence-corrected chi connectivity index (χ3v) is 5.45. The zero-order chi connectivity index (χ0) is 12.3. The van der Waals surface area contributed by atoms with Gasteiger partial charge in [-0.1, -0.05) is 11.3 Å². The van der Waals surface area contributed by atoms with Crippen molar-refractivity contribution in [1.82, 2.24) is 10.2 Å². The molecule has 0 spiro atoms. The van der Waals surface area contributed by atoms with Gasteiger partial charge in [-0.15, -0.1) is 33.4 Å². The molecular weight excluding hydrogens is 281 g/mol. The van der Waals surface area contributed by atoms with E-state index in [1.165, 1.54) is 24.2 Å². The van der Waals surface area contributed by atoms with Crippen LogP contribution in [-0.4, -0.2) is 20.4 Å². The van der Waals surface area contributed by atoms with Gasteiger partial charge >= 0.3 is 0 Å². The van der Waals surface area contributed by atoms with Gasteiger partial charge in [0.05, 0.1) is 5.41 Å². The molecular formula is C10H11Cl2N3OS.